The molecule has 3 heterocycles. The van der Waals surface area contributed by atoms with Crippen molar-refractivity contribution < 1.29 is 28.2 Å². The van der Waals surface area contributed by atoms with Crippen LogP contribution in [-0.2, 0) is 17.8 Å². The Morgan fingerprint density at radius 1 is 1.22 bits per heavy atom. The van der Waals surface area contributed by atoms with Crippen LogP contribution in [0.1, 0.15) is 39.3 Å². The number of halogens is 2. The fraction of sp³-hybridized carbons (Fsp3) is 0.409. The molecule has 1 aromatic carbocycles. The average Bonchev–Trinajstić information content (AvgIpc) is 3.50. The number of ether oxygens (including phenoxy) is 1. The van der Waals surface area contributed by atoms with Crippen LogP contribution in [0.4, 0.5) is 8.78 Å². The predicted molar refractivity (Wildman–Crippen MR) is 105 cm³/mol. The highest BCUT2D eigenvalue weighted by Crippen LogP contribution is 2.58. The topological polar surface area (TPSA) is 101 Å². The molecule has 10 heteroatoms. The monoisotopic (exact) mass is 443 g/mol. The third-order valence-electron chi connectivity index (χ3n) is 7.08. The van der Waals surface area contributed by atoms with Crippen LogP contribution < -0.4 is 10.7 Å². The van der Waals surface area contributed by atoms with Crippen molar-refractivity contribution in [3.8, 4) is 5.75 Å². The second-order valence-corrected chi connectivity index (χ2v) is 8.85. The minimum absolute atomic E-state index is 0.0394. The molecular weight excluding hydrogens is 424 g/mol. The van der Waals surface area contributed by atoms with E-state index in [0.717, 1.165) is 18.9 Å². The first kappa shape index (κ1) is 19.4. The Morgan fingerprint density at radius 3 is 2.81 bits per heavy atom. The maximum absolute atomic E-state index is 13.8. The van der Waals surface area contributed by atoms with Crippen LogP contribution in [0.5, 0.6) is 5.75 Å². The number of carbonyl (C=O) groups is 2. The molecule has 4 aliphatic rings. The zero-order chi connectivity index (χ0) is 22.3. The number of benzene rings is 1. The van der Waals surface area contributed by atoms with Crippen molar-refractivity contribution in [1.82, 2.24) is 14.8 Å². The molecule has 2 bridgehead atoms. The van der Waals surface area contributed by atoms with E-state index in [2.05, 4.69) is 5.32 Å². The number of rotatable bonds is 3. The van der Waals surface area contributed by atoms with E-state index in [9.17, 15) is 28.3 Å². The molecule has 2 aliphatic carbocycles. The van der Waals surface area contributed by atoms with Gasteiger partial charge < -0.3 is 24.6 Å². The molecule has 2 aromatic rings. The molecule has 2 N–H and O–H groups in total. The number of aromatic nitrogens is 1. The van der Waals surface area contributed by atoms with Gasteiger partial charge in [-0.3, -0.25) is 14.4 Å². The van der Waals surface area contributed by atoms with Gasteiger partial charge in [-0.1, -0.05) is 6.07 Å². The van der Waals surface area contributed by atoms with Crippen molar-refractivity contribution in [2.45, 2.75) is 44.3 Å². The number of hydrogen-bond acceptors (Lipinski definition) is 5. The van der Waals surface area contributed by atoms with E-state index in [1.54, 1.807) is 4.90 Å². The standard InChI is InChI=1S/C22H19F2N3O5/c23-10-2-1-9(14(24)3-10)6-25-21(30)13-7-26-8-17-27(22(31)18(26)20(29)19(13)28)15-5-16(32-17)12-4-11(12)15/h1-3,7,11-12,15-17,29H,4-6,8H2,(H,25,30)/t11?,12-,15+,16-,17?/m1/s1. The van der Waals surface area contributed by atoms with Crippen molar-refractivity contribution >= 4 is 11.8 Å². The van der Waals surface area contributed by atoms with Crippen LogP contribution in [0, 0.1) is 23.5 Å². The third kappa shape index (κ3) is 2.72. The molecule has 2 amide bonds. The van der Waals surface area contributed by atoms with E-state index in [1.165, 1.54) is 16.8 Å². The molecule has 0 radical (unpaired) electrons. The van der Waals surface area contributed by atoms with Gasteiger partial charge in [0.2, 0.25) is 5.43 Å². The van der Waals surface area contributed by atoms with Crippen LogP contribution in [-0.4, -0.2) is 44.8 Å². The van der Waals surface area contributed by atoms with Crippen LogP contribution in [0.3, 0.4) is 0 Å². The van der Waals surface area contributed by atoms with Gasteiger partial charge in [-0.25, -0.2) is 8.78 Å². The number of carbonyl (C=O) groups excluding carboxylic acids is 2. The van der Waals surface area contributed by atoms with Crippen LogP contribution in [0.15, 0.2) is 29.2 Å². The summed E-state index contributed by atoms with van der Waals surface area (Å²) >= 11 is 0. The quantitative estimate of drug-likeness (QED) is 0.746. The summed E-state index contributed by atoms with van der Waals surface area (Å²) in [4.78, 5) is 40.1. The van der Waals surface area contributed by atoms with E-state index in [1.807, 2.05) is 0 Å². The Bertz CT molecular complexity index is 1240. The molecule has 166 valence electrons. The Kier molecular flexibility index (Phi) is 4.01. The fourth-order valence-corrected chi connectivity index (χ4v) is 5.47. The van der Waals surface area contributed by atoms with E-state index >= 15 is 0 Å². The highest BCUT2D eigenvalue weighted by Gasteiger charge is 2.63. The summed E-state index contributed by atoms with van der Waals surface area (Å²) in [6.07, 6.45) is 2.62. The maximum atomic E-state index is 13.8. The van der Waals surface area contributed by atoms with Gasteiger partial charge in [-0.15, -0.1) is 0 Å². The summed E-state index contributed by atoms with van der Waals surface area (Å²) < 4.78 is 34.4. The van der Waals surface area contributed by atoms with Crippen LogP contribution >= 0.6 is 0 Å². The number of amides is 2. The van der Waals surface area contributed by atoms with Crippen molar-refractivity contribution in [3.63, 3.8) is 0 Å². The lowest BCUT2D eigenvalue weighted by molar-refractivity contribution is -0.144. The first-order valence-electron chi connectivity index (χ1n) is 10.5. The molecule has 1 saturated heterocycles. The smallest absolute Gasteiger partial charge is 0.276 e. The largest absolute Gasteiger partial charge is 0.503 e. The summed E-state index contributed by atoms with van der Waals surface area (Å²) in [6, 6.07) is 2.99. The van der Waals surface area contributed by atoms with Gasteiger partial charge >= 0.3 is 0 Å². The lowest BCUT2D eigenvalue weighted by atomic mass is 10.0. The first-order valence-corrected chi connectivity index (χ1v) is 10.5. The summed E-state index contributed by atoms with van der Waals surface area (Å²) in [7, 11) is 0. The number of fused-ring (bicyclic) bond motifs is 8. The molecule has 5 atom stereocenters. The Labute approximate surface area is 180 Å². The van der Waals surface area contributed by atoms with E-state index in [4.69, 9.17) is 4.74 Å². The third-order valence-corrected chi connectivity index (χ3v) is 7.08. The van der Waals surface area contributed by atoms with Gasteiger partial charge in [0.1, 0.15) is 17.2 Å². The van der Waals surface area contributed by atoms with Gasteiger partial charge in [0.25, 0.3) is 11.8 Å². The number of hydrogen-bond donors (Lipinski definition) is 2. The van der Waals surface area contributed by atoms with E-state index < -0.39 is 40.9 Å². The minimum Gasteiger partial charge on any atom is -0.503 e. The number of pyridine rings is 1. The Balaban J connectivity index is 1.29. The summed E-state index contributed by atoms with van der Waals surface area (Å²) in [5, 5.41) is 12.9. The molecular formula is C22H19F2N3O5. The van der Waals surface area contributed by atoms with Gasteiger partial charge in [-0.05, 0) is 30.7 Å². The summed E-state index contributed by atoms with van der Waals surface area (Å²) in [5.41, 5.74) is -1.47. The van der Waals surface area contributed by atoms with Crippen LogP contribution in [0.2, 0.25) is 0 Å². The van der Waals surface area contributed by atoms with Crippen molar-refractivity contribution in [3.05, 3.63) is 63.1 Å². The number of aromatic hydroxyl groups is 1. The lowest BCUT2D eigenvalue weighted by Crippen LogP contribution is -2.58. The second kappa shape index (κ2) is 6.61. The highest BCUT2D eigenvalue weighted by molar-refractivity contribution is 5.99. The van der Waals surface area contributed by atoms with Gasteiger partial charge in [-0.2, -0.15) is 0 Å². The van der Waals surface area contributed by atoms with Crippen LogP contribution in [0.25, 0.3) is 0 Å². The minimum atomic E-state index is -0.980. The molecule has 3 fully saturated rings. The molecule has 6 rings (SSSR count). The predicted octanol–water partition coefficient (Wildman–Crippen LogP) is 1.35. The molecule has 2 unspecified atom stereocenters. The van der Waals surface area contributed by atoms with Crippen molar-refractivity contribution in [2.75, 3.05) is 0 Å². The SMILES string of the molecule is O=C(NCc1ccc(F)cc1F)c1cn2c(c(O)c1=O)C(=O)N1C(C2)O[C@@H]2C[C@H]1C1C[C@H]12. The Morgan fingerprint density at radius 2 is 2.03 bits per heavy atom. The number of nitrogens with one attached hydrogen (secondary N) is 1. The molecule has 32 heavy (non-hydrogen) atoms. The molecule has 2 aliphatic heterocycles. The maximum Gasteiger partial charge on any atom is 0.276 e. The Hall–Kier alpha value is -3.27. The van der Waals surface area contributed by atoms with Gasteiger partial charge in [0.15, 0.2) is 17.7 Å². The molecule has 8 nitrogen and oxygen atoms in total. The highest BCUT2D eigenvalue weighted by atomic mass is 19.1. The molecule has 1 aromatic heterocycles. The second-order valence-electron chi connectivity index (χ2n) is 8.85. The van der Waals surface area contributed by atoms with Gasteiger partial charge in [0, 0.05) is 30.4 Å². The van der Waals surface area contributed by atoms with E-state index in [-0.39, 0.29) is 42.1 Å². The van der Waals surface area contributed by atoms with Crippen molar-refractivity contribution in [2.24, 2.45) is 11.8 Å². The molecule has 2 saturated carbocycles. The summed E-state index contributed by atoms with van der Waals surface area (Å²) in [5.74, 6) is -2.82. The normalized spacial score (nSPS) is 29.2. The average molecular weight is 443 g/mol. The fourth-order valence-electron chi connectivity index (χ4n) is 5.47. The van der Waals surface area contributed by atoms with Crippen molar-refractivity contribution in [1.29, 1.82) is 0 Å². The molecule has 0 spiro atoms. The zero-order valence-corrected chi connectivity index (χ0v) is 16.8. The summed E-state index contributed by atoms with van der Waals surface area (Å²) in [6.45, 7) is -0.0916. The number of nitrogens with zero attached hydrogens (tertiary/aromatic N) is 2. The lowest BCUT2D eigenvalue weighted by Gasteiger charge is -2.45. The zero-order valence-electron chi connectivity index (χ0n) is 16.8. The first-order chi connectivity index (χ1) is 15.3. The van der Waals surface area contributed by atoms with Gasteiger partial charge in [0.05, 0.1) is 12.6 Å². The van der Waals surface area contributed by atoms with E-state index in [0.29, 0.717) is 17.9 Å².